The molecule has 0 saturated heterocycles. The number of hydrogen-bond acceptors (Lipinski definition) is 7. The van der Waals surface area contributed by atoms with Crippen molar-refractivity contribution in [1.82, 2.24) is 20.4 Å². The second kappa shape index (κ2) is 2.80. The second-order valence-corrected chi connectivity index (χ2v) is 2.32. The molecule has 0 unspecified atom stereocenters. The highest BCUT2D eigenvalue weighted by Crippen LogP contribution is 2.16. The number of fused-ring (bicyclic) bond motifs is 1. The van der Waals surface area contributed by atoms with Crippen LogP contribution in [0.25, 0.3) is 10.9 Å². The van der Waals surface area contributed by atoms with Gasteiger partial charge in [-0.3, -0.25) is 0 Å². The summed E-state index contributed by atoms with van der Waals surface area (Å²) in [5.74, 6) is -0.583. The number of hydrogen-bond donors (Lipinski definition) is 0. The van der Waals surface area contributed by atoms with Crippen LogP contribution in [0.4, 0.5) is 5.82 Å². The van der Waals surface area contributed by atoms with Gasteiger partial charge in [-0.05, 0) is 4.92 Å². The van der Waals surface area contributed by atoms with Gasteiger partial charge in [0.1, 0.15) is 5.39 Å². The second-order valence-electron chi connectivity index (χ2n) is 2.32. The van der Waals surface area contributed by atoms with Crippen LogP contribution in [0.2, 0.25) is 0 Å². The van der Waals surface area contributed by atoms with Crippen LogP contribution in [0.15, 0.2) is 12.4 Å². The zero-order chi connectivity index (χ0) is 10.1. The van der Waals surface area contributed by atoms with Crippen molar-refractivity contribution in [2.75, 3.05) is 0 Å². The molecule has 0 spiro atoms. The molecule has 0 atom stereocenters. The minimum absolute atomic E-state index is 0.0803. The van der Waals surface area contributed by atoms with E-state index < -0.39 is 10.7 Å². The van der Waals surface area contributed by atoms with E-state index in [1.54, 1.807) is 0 Å². The predicted molar refractivity (Wildman–Crippen MR) is 40.7 cm³/mol. The molecular formula is C5H2N6O3. The summed E-state index contributed by atoms with van der Waals surface area (Å²) in [4.78, 5) is 9.58. The maximum atomic E-state index is 10.8. The van der Waals surface area contributed by atoms with Gasteiger partial charge in [-0.15, -0.1) is 0 Å². The lowest BCUT2D eigenvalue weighted by Gasteiger charge is -1.93. The molecule has 2 aromatic rings. The van der Waals surface area contributed by atoms with Crippen LogP contribution < -0.4 is 4.96 Å². The zero-order valence-corrected chi connectivity index (χ0v) is 6.56. The van der Waals surface area contributed by atoms with Gasteiger partial charge in [0.15, 0.2) is 10.5 Å². The third kappa shape index (κ3) is 1.16. The molecule has 2 rings (SSSR count). The van der Waals surface area contributed by atoms with E-state index in [0.29, 0.717) is 0 Å². The van der Waals surface area contributed by atoms with E-state index in [1.807, 2.05) is 0 Å². The van der Waals surface area contributed by atoms with Crippen LogP contribution in [0.1, 0.15) is 0 Å². The van der Waals surface area contributed by atoms with Crippen molar-refractivity contribution in [3.8, 4) is 0 Å². The van der Waals surface area contributed by atoms with Crippen molar-refractivity contribution in [2.45, 2.75) is 0 Å². The van der Waals surface area contributed by atoms with Gasteiger partial charge in [-0.25, -0.2) is 0 Å². The van der Waals surface area contributed by atoms with Gasteiger partial charge in [0.25, 0.3) is 5.10 Å². The normalized spacial score (nSPS) is 10.3. The number of aromatic nitrogens is 5. The molecule has 0 aliphatic heterocycles. The van der Waals surface area contributed by atoms with Gasteiger partial charge in [-0.1, -0.05) is 0 Å². The van der Waals surface area contributed by atoms with Gasteiger partial charge in [0.2, 0.25) is 0 Å². The molecule has 0 bridgehead atoms. The van der Waals surface area contributed by atoms with Crippen molar-refractivity contribution in [2.24, 2.45) is 0 Å². The van der Waals surface area contributed by atoms with Crippen LogP contribution >= 0.6 is 0 Å². The summed E-state index contributed by atoms with van der Waals surface area (Å²) in [6, 6.07) is 0. The Morgan fingerprint density at radius 1 is 1.29 bits per heavy atom. The molecule has 0 fully saturated rings. The Morgan fingerprint density at radius 3 is 2.71 bits per heavy atom. The fourth-order valence-corrected chi connectivity index (χ4v) is 0.951. The smallest absolute Gasteiger partial charge is 0.452 e. The molecule has 0 radical (unpaired) electrons. The summed E-state index contributed by atoms with van der Waals surface area (Å²) < 4.78 is 0. The van der Waals surface area contributed by atoms with Crippen LogP contribution in [0.3, 0.4) is 0 Å². The summed E-state index contributed by atoms with van der Waals surface area (Å²) in [6.45, 7) is 0. The Balaban J connectivity index is 2.87. The molecule has 2 aromatic heterocycles. The Hall–Kier alpha value is -2.45. The van der Waals surface area contributed by atoms with E-state index in [0.717, 1.165) is 12.4 Å². The Morgan fingerprint density at radius 2 is 2.00 bits per heavy atom. The lowest BCUT2D eigenvalue weighted by atomic mass is 10.3. The van der Waals surface area contributed by atoms with E-state index in [4.69, 9.17) is 0 Å². The van der Waals surface area contributed by atoms with Gasteiger partial charge < -0.3 is 15.3 Å². The van der Waals surface area contributed by atoms with Gasteiger partial charge >= 0.3 is 5.82 Å². The van der Waals surface area contributed by atoms with Gasteiger partial charge in [0.05, 0.1) is 17.5 Å². The van der Waals surface area contributed by atoms with Crippen molar-refractivity contribution in [3.05, 3.63) is 27.7 Å². The van der Waals surface area contributed by atoms with Crippen molar-refractivity contribution in [1.29, 1.82) is 0 Å². The Labute approximate surface area is 75.7 Å². The van der Waals surface area contributed by atoms with Crippen molar-refractivity contribution >= 4 is 16.7 Å². The summed E-state index contributed by atoms with van der Waals surface area (Å²) >= 11 is 0. The van der Waals surface area contributed by atoms with E-state index in [1.165, 1.54) is 0 Å². The molecule has 0 amide bonds. The SMILES string of the molecule is O=[N+]([O-])c1n[n+]([O-])nc2cnncc12. The maximum absolute atomic E-state index is 10.8. The summed E-state index contributed by atoms with van der Waals surface area (Å²) in [7, 11) is 0. The molecule has 14 heavy (non-hydrogen) atoms. The minimum Gasteiger partial charge on any atom is -0.550 e. The first-order valence-corrected chi connectivity index (χ1v) is 3.41. The molecule has 70 valence electrons. The minimum atomic E-state index is -0.778. The molecule has 0 aliphatic rings. The Bertz CT molecular complexity index is 514. The highest BCUT2D eigenvalue weighted by Gasteiger charge is 2.22. The van der Waals surface area contributed by atoms with Crippen LogP contribution in [0, 0.1) is 15.3 Å². The van der Waals surface area contributed by atoms with Crippen LogP contribution in [-0.2, 0) is 0 Å². The molecule has 0 saturated carbocycles. The third-order valence-electron chi connectivity index (χ3n) is 1.50. The molecule has 2 heterocycles. The first-order chi connectivity index (χ1) is 6.68. The maximum Gasteiger partial charge on any atom is 0.452 e. The summed E-state index contributed by atoms with van der Waals surface area (Å²) in [6.07, 6.45) is 2.28. The number of nitrogens with zero attached hydrogens (tertiary/aromatic N) is 6. The highest BCUT2D eigenvalue weighted by atomic mass is 16.6. The van der Waals surface area contributed by atoms with Crippen molar-refractivity contribution < 1.29 is 9.88 Å². The summed E-state index contributed by atoms with van der Waals surface area (Å²) in [5, 5.41) is 34.6. The first-order valence-electron chi connectivity index (χ1n) is 3.41. The largest absolute Gasteiger partial charge is 0.550 e. The van der Waals surface area contributed by atoms with E-state index in [-0.39, 0.29) is 15.9 Å². The van der Waals surface area contributed by atoms with Crippen LogP contribution in [-0.4, -0.2) is 25.3 Å². The molecule has 0 aliphatic carbocycles. The zero-order valence-electron chi connectivity index (χ0n) is 6.56. The Kier molecular flexibility index (Phi) is 1.63. The average Bonchev–Trinajstić information content (AvgIpc) is 2.16. The lowest BCUT2D eigenvalue weighted by molar-refractivity contribution is -0.729. The van der Waals surface area contributed by atoms with Gasteiger partial charge in [0, 0.05) is 0 Å². The van der Waals surface area contributed by atoms with E-state index in [2.05, 4.69) is 20.4 Å². The van der Waals surface area contributed by atoms with Gasteiger partial charge in [-0.2, -0.15) is 10.2 Å². The predicted octanol–water partition coefficient (Wildman–Crippen LogP) is -1.04. The topological polar surface area (TPSA) is 122 Å². The lowest BCUT2D eigenvalue weighted by Crippen LogP contribution is -2.36. The monoisotopic (exact) mass is 194 g/mol. The fraction of sp³-hybridized carbons (Fsp3) is 0. The molecule has 9 nitrogen and oxygen atoms in total. The number of nitro groups is 1. The first kappa shape index (κ1) is 8.16. The fourth-order valence-electron chi connectivity index (χ4n) is 0.951. The standard InChI is InChI=1S/C5H2N6O3/c12-10(13)5-3-1-6-7-2-4(3)8-11(14)9-5/h1-2H. The molecular weight excluding hydrogens is 192 g/mol. The third-order valence-corrected chi connectivity index (χ3v) is 1.50. The van der Waals surface area contributed by atoms with E-state index in [9.17, 15) is 15.3 Å². The molecule has 9 heteroatoms. The molecule has 0 N–H and O–H groups in total. The average molecular weight is 194 g/mol. The highest BCUT2D eigenvalue weighted by molar-refractivity contribution is 5.82. The van der Waals surface area contributed by atoms with Crippen molar-refractivity contribution in [3.63, 3.8) is 0 Å². The quantitative estimate of drug-likeness (QED) is 0.246. The number of rotatable bonds is 1. The molecule has 0 aromatic carbocycles. The summed E-state index contributed by atoms with van der Waals surface area (Å²) in [5.41, 5.74) is 0.0803. The van der Waals surface area contributed by atoms with E-state index >= 15 is 0 Å². The van der Waals surface area contributed by atoms with Crippen LogP contribution in [0.5, 0.6) is 0 Å².